The van der Waals surface area contributed by atoms with Gasteiger partial charge in [0.05, 0.1) is 20.1 Å². The Hall–Kier alpha value is -2.99. The van der Waals surface area contributed by atoms with E-state index in [2.05, 4.69) is 10.3 Å². The molecule has 1 amide bonds. The summed E-state index contributed by atoms with van der Waals surface area (Å²) < 4.78 is 15.9. The van der Waals surface area contributed by atoms with Gasteiger partial charge in [0, 0.05) is 36.0 Å². The molecule has 2 aromatic carbocycles. The van der Waals surface area contributed by atoms with Gasteiger partial charge >= 0.3 is 0 Å². The van der Waals surface area contributed by atoms with Crippen LogP contribution in [0.2, 0.25) is 0 Å². The highest BCUT2D eigenvalue weighted by Crippen LogP contribution is 2.30. The third-order valence-corrected chi connectivity index (χ3v) is 4.02. The van der Waals surface area contributed by atoms with Crippen LogP contribution in [0.5, 0.6) is 11.5 Å². The lowest BCUT2D eigenvalue weighted by atomic mass is 10.1. The first kappa shape index (κ1) is 17.8. The summed E-state index contributed by atoms with van der Waals surface area (Å²) in [4.78, 5) is 15.6. The third kappa shape index (κ3) is 4.15. The van der Waals surface area contributed by atoms with E-state index in [4.69, 9.17) is 14.2 Å². The van der Waals surface area contributed by atoms with Gasteiger partial charge in [0.2, 0.25) is 5.91 Å². The molecule has 0 bridgehead atoms. The Morgan fingerprint density at radius 2 is 1.92 bits per heavy atom. The van der Waals surface area contributed by atoms with Crippen LogP contribution < -0.4 is 14.8 Å². The van der Waals surface area contributed by atoms with Crippen LogP contribution in [0.4, 0.5) is 5.69 Å². The Kier molecular flexibility index (Phi) is 5.76. The van der Waals surface area contributed by atoms with Crippen molar-refractivity contribution in [2.75, 3.05) is 32.8 Å². The number of carbonyl (C=O) groups is 1. The Morgan fingerprint density at radius 3 is 2.73 bits per heavy atom. The summed E-state index contributed by atoms with van der Waals surface area (Å²) in [6.07, 6.45) is 2.16. The molecule has 6 nitrogen and oxygen atoms in total. The van der Waals surface area contributed by atoms with Gasteiger partial charge in [-0.15, -0.1) is 0 Å². The van der Waals surface area contributed by atoms with Crippen molar-refractivity contribution < 1.29 is 19.0 Å². The fourth-order valence-corrected chi connectivity index (χ4v) is 2.76. The lowest BCUT2D eigenvalue weighted by molar-refractivity contribution is -0.115. The van der Waals surface area contributed by atoms with E-state index < -0.39 is 0 Å². The highest BCUT2D eigenvalue weighted by atomic mass is 16.5. The summed E-state index contributed by atoms with van der Waals surface area (Å²) in [6.45, 7) is 0.875. The Labute approximate surface area is 152 Å². The maximum atomic E-state index is 12.4. The van der Waals surface area contributed by atoms with Gasteiger partial charge in [0.1, 0.15) is 6.61 Å². The first-order valence-corrected chi connectivity index (χ1v) is 8.36. The maximum absolute atomic E-state index is 12.4. The molecule has 0 spiro atoms. The average Bonchev–Trinajstić information content (AvgIpc) is 3.05. The maximum Gasteiger partial charge on any atom is 0.228 e. The van der Waals surface area contributed by atoms with Gasteiger partial charge in [-0.3, -0.25) is 4.79 Å². The summed E-state index contributed by atoms with van der Waals surface area (Å²) in [6, 6.07) is 13.2. The van der Waals surface area contributed by atoms with Gasteiger partial charge < -0.3 is 24.5 Å². The molecule has 1 heterocycles. The molecule has 0 aliphatic heterocycles. The fourth-order valence-electron chi connectivity index (χ4n) is 2.76. The summed E-state index contributed by atoms with van der Waals surface area (Å²) in [7, 11) is 3.19. The van der Waals surface area contributed by atoms with Crippen LogP contribution in [0.15, 0.2) is 48.7 Å². The van der Waals surface area contributed by atoms with Crippen LogP contribution in [-0.4, -0.2) is 38.3 Å². The molecular weight excluding hydrogens is 332 g/mol. The highest BCUT2D eigenvalue weighted by molar-refractivity contribution is 5.96. The molecule has 0 fully saturated rings. The van der Waals surface area contributed by atoms with E-state index in [1.165, 1.54) is 0 Å². The highest BCUT2D eigenvalue weighted by Gasteiger charge is 2.11. The summed E-state index contributed by atoms with van der Waals surface area (Å²) in [5.74, 6) is 1.08. The molecule has 3 rings (SSSR count). The van der Waals surface area contributed by atoms with Crippen LogP contribution >= 0.6 is 0 Å². The van der Waals surface area contributed by atoms with E-state index in [0.717, 1.165) is 16.5 Å². The van der Waals surface area contributed by atoms with Crippen LogP contribution in [0.25, 0.3) is 10.9 Å². The number of para-hydroxylation sites is 1. The topological polar surface area (TPSA) is 72.6 Å². The number of H-pyrrole nitrogens is 1. The zero-order valence-corrected chi connectivity index (χ0v) is 14.9. The number of benzene rings is 2. The van der Waals surface area contributed by atoms with Crippen LogP contribution in [0, 0.1) is 0 Å². The van der Waals surface area contributed by atoms with Gasteiger partial charge in [-0.05, 0) is 23.8 Å². The molecule has 0 radical (unpaired) electrons. The Morgan fingerprint density at radius 1 is 1.08 bits per heavy atom. The number of ether oxygens (including phenoxy) is 3. The number of fused-ring (bicyclic) bond motifs is 1. The number of nitrogens with one attached hydrogen (secondary N) is 2. The summed E-state index contributed by atoms with van der Waals surface area (Å²) in [5.41, 5.74) is 2.64. The van der Waals surface area contributed by atoms with Crippen molar-refractivity contribution in [1.29, 1.82) is 0 Å². The predicted molar refractivity (Wildman–Crippen MR) is 101 cm³/mol. The monoisotopic (exact) mass is 354 g/mol. The molecule has 136 valence electrons. The number of hydrogen-bond acceptors (Lipinski definition) is 4. The zero-order chi connectivity index (χ0) is 18.4. The van der Waals surface area contributed by atoms with E-state index in [-0.39, 0.29) is 12.3 Å². The standard InChI is InChI=1S/C20H22N2O4/c1-24-9-10-26-19-12-15(7-8-18(19)25-2)22-20(23)11-14-13-21-17-6-4-3-5-16(14)17/h3-8,12-13,21H,9-11H2,1-2H3,(H,22,23). The summed E-state index contributed by atoms with van der Waals surface area (Å²) >= 11 is 0. The van der Waals surface area contributed by atoms with Crippen LogP contribution in [0.3, 0.4) is 0 Å². The number of anilines is 1. The normalized spacial score (nSPS) is 10.7. The van der Waals surface area contributed by atoms with Crippen molar-refractivity contribution in [2.24, 2.45) is 0 Å². The molecule has 0 saturated carbocycles. The molecule has 0 unspecified atom stereocenters. The molecule has 26 heavy (non-hydrogen) atoms. The Balaban J connectivity index is 1.69. The third-order valence-electron chi connectivity index (χ3n) is 4.02. The molecule has 0 saturated heterocycles. The molecule has 0 aliphatic rings. The van der Waals surface area contributed by atoms with E-state index in [1.54, 1.807) is 32.4 Å². The van der Waals surface area contributed by atoms with Gasteiger partial charge in [0.25, 0.3) is 0 Å². The molecule has 6 heteroatoms. The second-order valence-electron chi connectivity index (χ2n) is 5.79. The van der Waals surface area contributed by atoms with Crippen LogP contribution in [0.1, 0.15) is 5.56 Å². The first-order valence-electron chi connectivity index (χ1n) is 8.36. The van der Waals surface area contributed by atoms with Crippen molar-refractivity contribution >= 4 is 22.5 Å². The molecule has 3 aromatic rings. The van der Waals surface area contributed by atoms with Gasteiger partial charge in [0.15, 0.2) is 11.5 Å². The number of hydrogen-bond donors (Lipinski definition) is 2. The average molecular weight is 354 g/mol. The van der Waals surface area contributed by atoms with Crippen molar-refractivity contribution in [1.82, 2.24) is 4.98 Å². The second-order valence-corrected chi connectivity index (χ2v) is 5.79. The van der Waals surface area contributed by atoms with Gasteiger partial charge in [-0.2, -0.15) is 0 Å². The largest absolute Gasteiger partial charge is 0.493 e. The van der Waals surface area contributed by atoms with Crippen molar-refractivity contribution in [3.63, 3.8) is 0 Å². The lowest BCUT2D eigenvalue weighted by Crippen LogP contribution is -2.14. The molecule has 0 aliphatic carbocycles. The number of rotatable bonds is 8. The quantitative estimate of drug-likeness (QED) is 0.608. The van der Waals surface area contributed by atoms with Crippen molar-refractivity contribution in [3.8, 4) is 11.5 Å². The SMILES string of the molecule is COCCOc1cc(NC(=O)Cc2c[nH]c3ccccc23)ccc1OC. The van der Waals surface area contributed by atoms with E-state index in [1.807, 2.05) is 30.5 Å². The van der Waals surface area contributed by atoms with Gasteiger partial charge in [-0.25, -0.2) is 0 Å². The second kappa shape index (κ2) is 8.40. The zero-order valence-electron chi connectivity index (χ0n) is 14.9. The number of carbonyl (C=O) groups excluding carboxylic acids is 1. The van der Waals surface area contributed by atoms with E-state index >= 15 is 0 Å². The minimum atomic E-state index is -0.0947. The van der Waals surface area contributed by atoms with Crippen LogP contribution in [-0.2, 0) is 16.0 Å². The summed E-state index contributed by atoms with van der Waals surface area (Å²) in [5, 5.41) is 3.96. The predicted octanol–water partition coefficient (Wildman–Crippen LogP) is 3.38. The van der Waals surface area contributed by atoms with E-state index in [0.29, 0.717) is 30.4 Å². The lowest BCUT2D eigenvalue weighted by Gasteiger charge is -2.12. The fraction of sp³-hybridized carbons (Fsp3) is 0.250. The number of methoxy groups -OCH3 is 2. The molecule has 2 N–H and O–H groups in total. The first-order chi connectivity index (χ1) is 12.7. The molecule has 1 aromatic heterocycles. The van der Waals surface area contributed by atoms with E-state index in [9.17, 15) is 4.79 Å². The smallest absolute Gasteiger partial charge is 0.228 e. The minimum Gasteiger partial charge on any atom is -0.493 e. The Bertz CT molecular complexity index is 888. The number of amides is 1. The van der Waals surface area contributed by atoms with Gasteiger partial charge in [-0.1, -0.05) is 18.2 Å². The molecule has 0 atom stereocenters. The number of aromatic nitrogens is 1. The number of aromatic amines is 1. The van der Waals surface area contributed by atoms with Crippen molar-refractivity contribution in [3.05, 3.63) is 54.2 Å². The van der Waals surface area contributed by atoms with Crippen molar-refractivity contribution in [2.45, 2.75) is 6.42 Å². The molecular formula is C20H22N2O4. The minimum absolute atomic E-state index is 0.0947.